The third-order valence-electron chi connectivity index (χ3n) is 4.77. The van der Waals surface area contributed by atoms with E-state index in [-0.39, 0.29) is 23.5 Å². The fourth-order valence-electron chi connectivity index (χ4n) is 3.20. The Balaban J connectivity index is 1.75. The fraction of sp³-hybridized carbons (Fsp3) is 0.550. The zero-order valence-electron chi connectivity index (χ0n) is 15.3. The number of carbonyl (C=O) groups is 1. The smallest absolute Gasteiger partial charge is 0.243 e. The second-order valence-corrected chi connectivity index (χ2v) is 7.88. The topological polar surface area (TPSA) is 56.8 Å². The number of ether oxygens (including phenoxy) is 3. The van der Waals surface area contributed by atoms with Crippen LogP contribution in [0.25, 0.3) is 0 Å². The molecule has 1 fully saturated rings. The molecule has 0 radical (unpaired) electrons. The van der Waals surface area contributed by atoms with Crippen LogP contribution in [0.3, 0.4) is 0 Å². The molecular formula is C20H27NO4. The first-order chi connectivity index (χ1) is 11.9. The van der Waals surface area contributed by atoms with Crippen molar-refractivity contribution in [3.05, 3.63) is 35.9 Å². The number of allylic oxidation sites excluding steroid dienone is 1. The van der Waals surface area contributed by atoms with Crippen molar-refractivity contribution in [3.63, 3.8) is 0 Å². The third-order valence-corrected chi connectivity index (χ3v) is 4.77. The van der Waals surface area contributed by atoms with E-state index < -0.39 is 0 Å². The van der Waals surface area contributed by atoms with Gasteiger partial charge in [0.25, 0.3) is 0 Å². The Kier molecular flexibility index (Phi) is 5.04. The Morgan fingerprint density at radius 1 is 1.20 bits per heavy atom. The Hall–Kier alpha value is -2.01. The molecule has 3 rings (SSSR count). The van der Waals surface area contributed by atoms with Gasteiger partial charge in [-0.1, -0.05) is 32.9 Å². The Labute approximate surface area is 149 Å². The molecule has 0 unspecified atom stereocenters. The molecule has 1 saturated heterocycles. The summed E-state index contributed by atoms with van der Waals surface area (Å²) >= 11 is 0. The van der Waals surface area contributed by atoms with Gasteiger partial charge in [0.2, 0.25) is 12.7 Å². The number of benzene rings is 1. The summed E-state index contributed by atoms with van der Waals surface area (Å²) in [5.41, 5.74) is 1.02. The molecule has 2 aliphatic heterocycles. The zero-order valence-corrected chi connectivity index (χ0v) is 15.3. The maximum atomic E-state index is 12.2. The molecule has 25 heavy (non-hydrogen) atoms. The lowest BCUT2D eigenvalue weighted by Gasteiger charge is -2.38. The summed E-state index contributed by atoms with van der Waals surface area (Å²) in [4.78, 5) is 12.2. The molecule has 136 valence electrons. The molecule has 5 heteroatoms. The average molecular weight is 345 g/mol. The predicted molar refractivity (Wildman–Crippen MR) is 95.9 cm³/mol. The van der Waals surface area contributed by atoms with Crippen molar-refractivity contribution in [2.24, 2.45) is 5.41 Å². The lowest BCUT2D eigenvalue weighted by atomic mass is 9.74. The summed E-state index contributed by atoms with van der Waals surface area (Å²) in [6, 6.07) is 6.08. The van der Waals surface area contributed by atoms with Gasteiger partial charge in [0.05, 0.1) is 0 Å². The van der Waals surface area contributed by atoms with Crippen LogP contribution >= 0.6 is 0 Å². The Morgan fingerprint density at radius 3 is 2.64 bits per heavy atom. The molecule has 0 spiro atoms. The Morgan fingerprint density at radius 2 is 1.92 bits per heavy atom. The highest BCUT2D eigenvalue weighted by Crippen LogP contribution is 2.40. The molecule has 2 heterocycles. The number of amides is 1. The standard InChI is InChI=1S/C20H27NO4/c1-19(2,3)7-6-18(22)21-13-20(8-10-23-11-9-20)15-4-5-16-17(12-15)25-14-24-16/h4-7,12H,8-11,13-14H2,1-3H3,(H,21,22). The first kappa shape index (κ1) is 17.8. The van der Waals surface area contributed by atoms with Gasteiger partial charge in [-0.15, -0.1) is 0 Å². The summed E-state index contributed by atoms with van der Waals surface area (Å²) in [6.45, 7) is 8.47. The highest BCUT2D eigenvalue weighted by molar-refractivity contribution is 5.87. The van der Waals surface area contributed by atoms with Crippen molar-refractivity contribution in [3.8, 4) is 11.5 Å². The van der Waals surface area contributed by atoms with Gasteiger partial charge in [-0.3, -0.25) is 4.79 Å². The molecule has 0 atom stereocenters. The first-order valence-corrected chi connectivity index (χ1v) is 8.83. The van der Waals surface area contributed by atoms with E-state index in [0.29, 0.717) is 19.8 Å². The normalized spacial score (nSPS) is 19.2. The van der Waals surface area contributed by atoms with Gasteiger partial charge in [-0.2, -0.15) is 0 Å². The first-order valence-electron chi connectivity index (χ1n) is 8.83. The fourth-order valence-corrected chi connectivity index (χ4v) is 3.20. The quantitative estimate of drug-likeness (QED) is 0.852. The van der Waals surface area contributed by atoms with Gasteiger partial charge in [0.15, 0.2) is 11.5 Å². The largest absolute Gasteiger partial charge is 0.454 e. The van der Waals surface area contributed by atoms with Crippen LogP contribution in [0.1, 0.15) is 39.2 Å². The summed E-state index contributed by atoms with van der Waals surface area (Å²) in [5, 5.41) is 3.08. The minimum Gasteiger partial charge on any atom is -0.454 e. The van der Waals surface area contributed by atoms with Crippen LogP contribution in [-0.4, -0.2) is 32.5 Å². The van der Waals surface area contributed by atoms with Crippen LogP contribution in [0.2, 0.25) is 0 Å². The molecule has 1 aromatic carbocycles. The van der Waals surface area contributed by atoms with E-state index in [9.17, 15) is 4.79 Å². The van der Waals surface area contributed by atoms with Gasteiger partial charge in [0, 0.05) is 25.2 Å². The number of hydrogen-bond donors (Lipinski definition) is 1. The van der Waals surface area contributed by atoms with E-state index in [2.05, 4.69) is 32.2 Å². The minimum atomic E-state index is -0.134. The number of hydrogen-bond acceptors (Lipinski definition) is 4. The monoisotopic (exact) mass is 345 g/mol. The molecule has 1 N–H and O–H groups in total. The molecule has 5 nitrogen and oxygen atoms in total. The third kappa shape index (κ3) is 4.34. The second-order valence-electron chi connectivity index (χ2n) is 7.88. The van der Waals surface area contributed by atoms with Crippen molar-refractivity contribution >= 4 is 5.91 Å². The number of rotatable bonds is 4. The molecule has 2 aliphatic rings. The molecule has 0 bridgehead atoms. The number of nitrogens with one attached hydrogen (secondary N) is 1. The van der Waals surface area contributed by atoms with E-state index in [1.807, 2.05) is 18.2 Å². The van der Waals surface area contributed by atoms with Crippen molar-refractivity contribution < 1.29 is 19.0 Å². The minimum absolute atomic E-state index is 0.00890. The van der Waals surface area contributed by atoms with E-state index in [1.165, 1.54) is 5.56 Å². The van der Waals surface area contributed by atoms with Crippen LogP contribution < -0.4 is 14.8 Å². The lowest BCUT2D eigenvalue weighted by Crippen LogP contribution is -2.44. The summed E-state index contributed by atoms with van der Waals surface area (Å²) in [7, 11) is 0. The van der Waals surface area contributed by atoms with E-state index >= 15 is 0 Å². The van der Waals surface area contributed by atoms with Gasteiger partial charge in [0.1, 0.15) is 0 Å². The maximum absolute atomic E-state index is 12.2. The van der Waals surface area contributed by atoms with Crippen molar-refractivity contribution in [1.82, 2.24) is 5.32 Å². The summed E-state index contributed by atoms with van der Waals surface area (Å²) in [6.07, 6.45) is 5.30. The lowest BCUT2D eigenvalue weighted by molar-refractivity contribution is -0.117. The molecule has 1 aromatic rings. The van der Waals surface area contributed by atoms with Crippen molar-refractivity contribution in [1.29, 1.82) is 0 Å². The molecule has 0 saturated carbocycles. The highest BCUT2D eigenvalue weighted by atomic mass is 16.7. The number of fused-ring (bicyclic) bond motifs is 1. The summed E-state index contributed by atoms with van der Waals surface area (Å²) in [5.74, 6) is 1.51. The van der Waals surface area contributed by atoms with Crippen LogP contribution in [0, 0.1) is 5.41 Å². The van der Waals surface area contributed by atoms with Crippen molar-refractivity contribution in [2.75, 3.05) is 26.6 Å². The molecule has 1 amide bonds. The van der Waals surface area contributed by atoms with Gasteiger partial charge in [-0.25, -0.2) is 0 Å². The van der Waals surface area contributed by atoms with E-state index in [4.69, 9.17) is 14.2 Å². The molecular weight excluding hydrogens is 318 g/mol. The molecule has 0 aromatic heterocycles. The number of carbonyl (C=O) groups excluding carboxylic acids is 1. The SMILES string of the molecule is CC(C)(C)C=CC(=O)NCC1(c2ccc3c(c2)OCO3)CCOCC1. The van der Waals surface area contributed by atoms with Gasteiger partial charge in [-0.05, 0) is 42.0 Å². The van der Waals surface area contributed by atoms with Gasteiger partial charge < -0.3 is 19.5 Å². The zero-order chi connectivity index (χ0) is 17.9. The van der Waals surface area contributed by atoms with E-state index in [0.717, 1.165) is 24.3 Å². The van der Waals surface area contributed by atoms with Crippen LogP contribution in [0.15, 0.2) is 30.4 Å². The highest BCUT2D eigenvalue weighted by Gasteiger charge is 2.35. The summed E-state index contributed by atoms with van der Waals surface area (Å²) < 4.78 is 16.5. The molecule has 0 aliphatic carbocycles. The van der Waals surface area contributed by atoms with Crippen molar-refractivity contribution in [2.45, 2.75) is 39.0 Å². The van der Waals surface area contributed by atoms with Crippen LogP contribution in [0.4, 0.5) is 0 Å². The average Bonchev–Trinajstić information content (AvgIpc) is 3.06. The van der Waals surface area contributed by atoms with Gasteiger partial charge >= 0.3 is 0 Å². The van der Waals surface area contributed by atoms with E-state index in [1.54, 1.807) is 6.08 Å². The second kappa shape index (κ2) is 7.08. The maximum Gasteiger partial charge on any atom is 0.243 e. The van der Waals surface area contributed by atoms with Crippen LogP contribution in [-0.2, 0) is 14.9 Å². The predicted octanol–water partition coefficient (Wildman–Crippen LogP) is 3.18. The Bertz CT molecular complexity index is 654. The van der Waals surface area contributed by atoms with Crippen LogP contribution in [0.5, 0.6) is 11.5 Å².